The number of nitrogens with zero attached hydrogens (tertiary/aromatic N) is 4. The Balaban J connectivity index is 1.65. The Morgan fingerprint density at radius 3 is 2.48 bits per heavy atom. The Morgan fingerprint density at radius 1 is 1.13 bits per heavy atom. The van der Waals surface area contributed by atoms with Gasteiger partial charge in [0.05, 0.1) is 12.0 Å². The standard InChI is InChI=1S/C18H24N4O/c1-20-9-11-21(12-10-20)17-6-4-16(5-7-17)18(23)22-8-2-3-15(13-19)14-22/h4-7,15H,2-3,8-12,14H2,1H3. The van der Waals surface area contributed by atoms with E-state index in [1.165, 1.54) is 5.69 Å². The first-order valence-electron chi connectivity index (χ1n) is 8.40. The quantitative estimate of drug-likeness (QED) is 0.836. The molecule has 0 aromatic heterocycles. The smallest absolute Gasteiger partial charge is 0.253 e. The lowest BCUT2D eigenvalue weighted by Gasteiger charge is -2.34. The number of rotatable bonds is 2. The van der Waals surface area contributed by atoms with Crippen molar-refractivity contribution in [2.45, 2.75) is 12.8 Å². The lowest BCUT2D eigenvalue weighted by atomic mass is 9.99. The van der Waals surface area contributed by atoms with Crippen LogP contribution in [0.5, 0.6) is 0 Å². The van der Waals surface area contributed by atoms with Crippen LogP contribution in [0, 0.1) is 17.2 Å². The maximum atomic E-state index is 12.6. The molecule has 0 bridgehead atoms. The molecule has 0 aliphatic carbocycles. The van der Waals surface area contributed by atoms with Gasteiger partial charge in [0.1, 0.15) is 0 Å². The SMILES string of the molecule is CN1CCN(c2ccc(C(=O)N3CCCC(C#N)C3)cc2)CC1. The summed E-state index contributed by atoms with van der Waals surface area (Å²) in [6.07, 6.45) is 1.83. The van der Waals surface area contributed by atoms with E-state index in [2.05, 4.69) is 22.9 Å². The second kappa shape index (κ2) is 7.01. The zero-order valence-corrected chi connectivity index (χ0v) is 13.7. The molecule has 1 unspecified atom stereocenters. The minimum absolute atomic E-state index is 0.0164. The Hall–Kier alpha value is -2.06. The molecule has 0 saturated carbocycles. The molecule has 1 aromatic carbocycles. The number of likely N-dealkylation sites (tertiary alicyclic amines) is 1. The monoisotopic (exact) mass is 312 g/mol. The van der Waals surface area contributed by atoms with E-state index in [0.717, 1.165) is 51.1 Å². The van der Waals surface area contributed by atoms with Gasteiger partial charge >= 0.3 is 0 Å². The summed E-state index contributed by atoms with van der Waals surface area (Å²) >= 11 is 0. The van der Waals surface area contributed by atoms with Gasteiger partial charge in [0.25, 0.3) is 5.91 Å². The molecule has 23 heavy (non-hydrogen) atoms. The van der Waals surface area contributed by atoms with Crippen molar-refractivity contribution in [2.24, 2.45) is 5.92 Å². The topological polar surface area (TPSA) is 50.6 Å². The minimum Gasteiger partial charge on any atom is -0.369 e. The van der Waals surface area contributed by atoms with Crippen LogP contribution in [0.4, 0.5) is 5.69 Å². The van der Waals surface area contributed by atoms with Crippen molar-refractivity contribution in [2.75, 3.05) is 51.2 Å². The van der Waals surface area contributed by atoms with E-state index in [1.54, 1.807) is 0 Å². The van der Waals surface area contributed by atoms with E-state index in [9.17, 15) is 4.79 Å². The van der Waals surface area contributed by atoms with Gasteiger partial charge in [0.2, 0.25) is 0 Å². The van der Waals surface area contributed by atoms with Gasteiger partial charge in [-0.1, -0.05) is 0 Å². The summed E-state index contributed by atoms with van der Waals surface area (Å²) in [6.45, 7) is 5.53. The van der Waals surface area contributed by atoms with Crippen LogP contribution in [0.15, 0.2) is 24.3 Å². The van der Waals surface area contributed by atoms with Crippen LogP contribution in [0.3, 0.4) is 0 Å². The number of hydrogen-bond donors (Lipinski definition) is 0. The van der Waals surface area contributed by atoms with Gasteiger partial charge in [-0.05, 0) is 44.2 Å². The third kappa shape index (κ3) is 3.65. The summed E-state index contributed by atoms with van der Waals surface area (Å²) in [5.41, 5.74) is 1.91. The Bertz CT molecular complexity index is 584. The number of piperazine rings is 1. The van der Waals surface area contributed by atoms with E-state index >= 15 is 0 Å². The third-order valence-electron chi connectivity index (χ3n) is 4.87. The Labute approximate surface area is 138 Å². The molecule has 5 nitrogen and oxygen atoms in total. The van der Waals surface area contributed by atoms with Gasteiger partial charge in [-0.2, -0.15) is 5.26 Å². The number of nitriles is 1. The molecule has 2 heterocycles. The molecule has 0 N–H and O–H groups in total. The molecule has 3 rings (SSSR count). The fourth-order valence-electron chi connectivity index (χ4n) is 3.33. The molecule has 122 valence electrons. The minimum atomic E-state index is -0.0164. The van der Waals surface area contributed by atoms with E-state index in [0.29, 0.717) is 6.54 Å². The van der Waals surface area contributed by atoms with Crippen molar-refractivity contribution in [3.8, 4) is 6.07 Å². The summed E-state index contributed by atoms with van der Waals surface area (Å²) in [5.74, 6) is 0.0344. The molecule has 1 aromatic rings. The molecule has 2 saturated heterocycles. The van der Waals surface area contributed by atoms with Gasteiger partial charge in [-0.3, -0.25) is 4.79 Å². The summed E-state index contributed by atoms with van der Waals surface area (Å²) in [4.78, 5) is 19.1. The molecule has 0 radical (unpaired) electrons. The number of anilines is 1. The number of carbonyl (C=O) groups excluding carboxylic acids is 1. The lowest BCUT2D eigenvalue weighted by Crippen LogP contribution is -2.44. The van der Waals surface area contributed by atoms with E-state index in [-0.39, 0.29) is 11.8 Å². The maximum Gasteiger partial charge on any atom is 0.253 e. The highest BCUT2D eigenvalue weighted by Crippen LogP contribution is 2.21. The van der Waals surface area contributed by atoms with Gasteiger partial charge in [0, 0.05) is 50.5 Å². The van der Waals surface area contributed by atoms with Gasteiger partial charge in [0.15, 0.2) is 0 Å². The van der Waals surface area contributed by atoms with Crippen LogP contribution in [0.1, 0.15) is 23.2 Å². The molecule has 0 spiro atoms. The number of carbonyl (C=O) groups is 1. The summed E-state index contributed by atoms with van der Waals surface area (Å²) in [5, 5.41) is 9.06. The van der Waals surface area contributed by atoms with Crippen molar-refractivity contribution >= 4 is 11.6 Å². The molecule has 2 aliphatic heterocycles. The zero-order valence-electron chi connectivity index (χ0n) is 13.7. The number of piperidine rings is 1. The van der Waals surface area contributed by atoms with Gasteiger partial charge in [-0.15, -0.1) is 0 Å². The average molecular weight is 312 g/mol. The van der Waals surface area contributed by atoms with Crippen molar-refractivity contribution in [1.29, 1.82) is 5.26 Å². The maximum absolute atomic E-state index is 12.6. The van der Waals surface area contributed by atoms with Crippen LogP contribution in [0.2, 0.25) is 0 Å². The van der Waals surface area contributed by atoms with Gasteiger partial charge in [-0.25, -0.2) is 0 Å². The first kappa shape index (κ1) is 15.8. The fraction of sp³-hybridized carbons (Fsp3) is 0.556. The Kier molecular flexibility index (Phi) is 4.82. The second-order valence-corrected chi connectivity index (χ2v) is 6.56. The van der Waals surface area contributed by atoms with Crippen LogP contribution < -0.4 is 4.90 Å². The van der Waals surface area contributed by atoms with Crippen molar-refractivity contribution in [1.82, 2.24) is 9.80 Å². The summed E-state index contributed by atoms with van der Waals surface area (Å²) in [6, 6.07) is 10.2. The summed E-state index contributed by atoms with van der Waals surface area (Å²) < 4.78 is 0. The predicted molar refractivity (Wildman–Crippen MR) is 90.4 cm³/mol. The largest absolute Gasteiger partial charge is 0.369 e. The van der Waals surface area contributed by atoms with E-state index in [4.69, 9.17) is 5.26 Å². The highest BCUT2D eigenvalue weighted by molar-refractivity contribution is 5.94. The van der Waals surface area contributed by atoms with Crippen LogP contribution >= 0.6 is 0 Å². The number of likely N-dealkylation sites (N-methyl/N-ethyl adjacent to an activating group) is 1. The molecular weight excluding hydrogens is 288 g/mol. The van der Waals surface area contributed by atoms with Crippen LogP contribution in [-0.4, -0.2) is 62.0 Å². The van der Waals surface area contributed by atoms with Crippen LogP contribution in [-0.2, 0) is 0 Å². The normalized spacial score (nSPS) is 22.7. The molecule has 2 aliphatic rings. The van der Waals surface area contributed by atoms with Crippen molar-refractivity contribution in [3.05, 3.63) is 29.8 Å². The fourth-order valence-corrected chi connectivity index (χ4v) is 3.33. The molecule has 1 atom stereocenters. The number of benzene rings is 1. The summed E-state index contributed by atoms with van der Waals surface area (Å²) in [7, 11) is 2.15. The molecular formula is C18H24N4O. The van der Waals surface area contributed by atoms with Gasteiger partial charge < -0.3 is 14.7 Å². The van der Waals surface area contributed by atoms with Crippen LogP contribution in [0.25, 0.3) is 0 Å². The Morgan fingerprint density at radius 2 is 1.83 bits per heavy atom. The van der Waals surface area contributed by atoms with Crippen molar-refractivity contribution in [3.63, 3.8) is 0 Å². The highest BCUT2D eigenvalue weighted by atomic mass is 16.2. The first-order chi connectivity index (χ1) is 11.2. The predicted octanol–water partition coefficient (Wildman–Crippen LogP) is 1.81. The second-order valence-electron chi connectivity index (χ2n) is 6.56. The third-order valence-corrected chi connectivity index (χ3v) is 4.87. The average Bonchev–Trinajstić information content (AvgIpc) is 2.62. The highest BCUT2D eigenvalue weighted by Gasteiger charge is 2.24. The number of amides is 1. The first-order valence-corrected chi connectivity index (χ1v) is 8.40. The van der Waals surface area contributed by atoms with E-state index in [1.807, 2.05) is 29.2 Å². The molecule has 5 heteroatoms. The lowest BCUT2D eigenvalue weighted by molar-refractivity contribution is 0.0699. The molecule has 1 amide bonds. The zero-order chi connectivity index (χ0) is 16.2. The number of hydrogen-bond acceptors (Lipinski definition) is 4. The van der Waals surface area contributed by atoms with Crippen molar-refractivity contribution < 1.29 is 4.79 Å². The van der Waals surface area contributed by atoms with E-state index < -0.39 is 0 Å². The molecule has 2 fully saturated rings.